The Morgan fingerprint density at radius 1 is 0.929 bits per heavy atom. The van der Waals surface area contributed by atoms with Crippen LogP contribution in [0.15, 0.2) is 85.7 Å². The van der Waals surface area contributed by atoms with Crippen molar-refractivity contribution >= 4 is 0 Å². The van der Waals surface area contributed by atoms with Gasteiger partial charge in [-0.1, -0.05) is 43.0 Å². The number of pyridine rings is 1. The van der Waals surface area contributed by atoms with Crippen LogP contribution in [0.4, 0.5) is 0 Å². The zero-order valence-electron chi connectivity index (χ0n) is 15.8. The zero-order valence-corrected chi connectivity index (χ0v) is 15.8. The summed E-state index contributed by atoms with van der Waals surface area (Å²) in [6.07, 6.45) is 6.21. The van der Waals surface area contributed by atoms with Gasteiger partial charge in [0.25, 0.3) is 0 Å². The Morgan fingerprint density at radius 2 is 1.57 bits per heavy atom. The van der Waals surface area contributed by atoms with E-state index in [0.29, 0.717) is 13.0 Å². The van der Waals surface area contributed by atoms with Crippen molar-refractivity contribution in [2.75, 3.05) is 13.2 Å². The average molecular weight is 375 g/mol. The molecule has 0 aliphatic heterocycles. The van der Waals surface area contributed by atoms with Crippen LogP contribution in [-0.4, -0.2) is 29.4 Å². The summed E-state index contributed by atoms with van der Waals surface area (Å²) in [5.41, 5.74) is 3.32. The van der Waals surface area contributed by atoms with Crippen LogP contribution in [-0.2, 0) is 6.42 Å². The van der Waals surface area contributed by atoms with Crippen molar-refractivity contribution in [1.29, 1.82) is 0 Å². The van der Waals surface area contributed by atoms with E-state index in [9.17, 15) is 5.11 Å². The molecule has 1 aromatic heterocycles. The van der Waals surface area contributed by atoms with Crippen LogP contribution >= 0.6 is 0 Å². The third-order valence-corrected chi connectivity index (χ3v) is 4.34. The molecule has 0 fully saturated rings. The number of aliphatic hydroxyl groups excluding tert-OH is 1. The van der Waals surface area contributed by atoms with Crippen LogP contribution in [0.1, 0.15) is 12.0 Å². The highest BCUT2D eigenvalue weighted by molar-refractivity contribution is 5.64. The minimum absolute atomic E-state index is 0.273. The van der Waals surface area contributed by atoms with E-state index in [1.807, 2.05) is 66.9 Å². The molecular formula is C24H25NO3. The molecule has 0 radical (unpaired) electrons. The lowest BCUT2D eigenvalue weighted by atomic mass is 10.1. The number of aryl methyl sites for hydroxylation is 1. The molecular weight excluding hydrogens is 350 g/mol. The van der Waals surface area contributed by atoms with Crippen molar-refractivity contribution in [2.45, 2.75) is 18.9 Å². The van der Waals surface area contributed by atoms with Crippen LogP contribution in [0.3, 0.4) is 0 Å². The number of ether oxygens (including phenoxy) is 2. The lowest BCUT2D eigenvalue weighted by Crippen LogP contribution is -2.18. The number of nitrogens with zero attached hydrogens (tertiary/aromatic N) is 1. The fraction of sp³-hybridized carbons (Fsp3) is 0.208. The number of hydrogen-bond donors (Lipinski definition) is 1. The topological polar surface area (TPSA) is 51.6 Å². The number of hydrogen-bond acceptors (Lipinski definition) is 4. The molecule has 0 saturated carbocycles. The molecule has 2 aromatic carbocycles. The van der Waals surface area contributed by atoms with Gasteiger partial charge in [-0.25, -0.2) is 0 Å². The summed E-state index contributed by atoms with van der Waals surface area (Å²) < 4.78 is 11.2. The van der Waals surface area contributed by atoms with Gasteiger partial charge in [0.15, 0.2) is 0 Å². The normalized spacial score (nSPS) is 11.6. The summed E-state index contributed by atoms with van der Waals surface area (Å²) in [6, 6.07) is 19.7. The summed E-state index contributed by atoms with van der Waals surface area (Å²) in [7, 11) is 0. The Morgan fingerprint density at radius 3 is 2.14 bits per heavy atom. The summed E-state index contributed by atoms with van der Waals surface area (Å²) in [4.78, 5) is 4.08. The maximum atomic E-state index is 10.1. The summed E-state index contributed by atoms with van der Waals surface area (Å²) in [5.74, 6) is 1.57. The maximum Gasteiger partial charge on any atom is 0.119 e. The van der Waals surface area contributed by atoms with E-state index in [0.717, 1.165) is 34.6 Å². The minimum Gasteiger partial charge on any atom is -0.491 e. The molecule has 3 rings (SSSR count). The first-order valence-corrected chi connectivity index (χ1v) is 9.38. The van der Waals surface area contributed by atoms with Gasteiger partial charge >= 0.3 is 0 Å². The van der Waals surface area contributed by atoms with E-state index < -0.39 is 6.10 Å². The summed E-state index contributed by atoms with van der Waals surface area (Å²) in [5, 5.41) is 10.1. The average Bonchev–Trinajstić information content (AvgIpc) is 2.76. The van der Waals surface area contributed by atoms with Gasteiger partial charge in [-0.05, 0) is 59.9 Å². The van der Waals surface area contributed by atoms with Crippen molar-refractivity contribution in [1.82, 2.24) is 4.98 Å². The van der Waals surface area contributed by atoms with Gasteiger partial charge in [0.2, 0.25) is 0 Å². The highest BCUT2D eigenvalue weighted by Gasteiger charge is 2.07. The van der Waals surface area contributed by atoms with Crippen LogP contribution in [0.5, 0.6) is 11.5 Å². The highest BCUT2D eigenvalue weighted by Crippen LogP contribution is 2.24. The lowest BCUT2D eigenvalue weighted by Gasteiger charge is -2.13. The molecule has 1 atom stereocenters. The molecule has 1 N–H and O–H groups in total. The first kappa shape index (κ1) is 19.6. The zero-order chi connectivity index (χ0) is 19.6. The van der Waals surface area contributed by atoms with Crippen molar-refractivity contribution in [2.24, 2.45) is 0 Å². The van der Waals surface area contributed by atoms with E-state index in [-0.39, 0.29) is 6.61 Å². The van der Waals surface area contributed by atoms with Crippen LogP contribution in [0.25, 0.3) is 11.1 Å². The standard InChI is InChI=1S/C24H25NO3/c1-2-16-27-23-11-6-20(7-12-23)21-8-13-24(14-9-21)28-18-22(26)10-5-19-4-3-15-25-17-19/h2-4,6-9,11-15,17,22,26H,1,5,10,16,18H2. The quantitative estimate of drug-likeness (QED) is 0.523. The number of aliphatic hydroxyl groups is 1. The second-order valence-corrected chi connectivity index (χ2v) is 6.51. The molecule has 0 bridgehead atoms. The first-order valence-electron chi connectivity index (χ1n) is 9.38. The summed E-state index contributed by atoms with van der Waals surface area (Å²) in [6.45, 7) is 4.42. The molecule has 144 valence electrons. The van der Waals surface area contributed by atoms with Crippen molar-refractivity contribution in [3.05, 3.63) is 91.3 Å². The van der Waals surface area contributed by atoms with Crippen molar-refractivity contribution in [3.63, 3.8) is 0 Å². The SMILES string of the molecule is C=CCOc1ccc(-c2ccc(OCC(O)CCc3cccnc3)cc2)cc1. The second-order valence-electron chi connectivity index (χ2n) is 6.51. The van der Waals surface area contributed by atoms with Gasteiger partial charge in [0, 0.05) is 12.4 Å². The molecule has 0 amide bonds. The number of rotatable bonds is 10. The Kier molecular flexibility index (Phi) is 7.21. The molecule has 3 aromatic rings. The molecule has 0 aliphatic rings. The van der Waals surface area contributed by atoms with Crippen molar-refractivity contribution < 1.29 is 14.6 Å². The third kappa shape index (κ3) is 5.96. The molecule has 4 heteroatoms. The molecule has 0 aliphatic carbocycles. The van der Waals surface area contributed by atoms with E-state index in [1.165, 1.54) is 0 Å². The van der Waals surface area contributed by atoms with Crippen molar-refractivity contribution in [3.8, 4) is 22.6 Å². The minimum atomic E-state index is -0.511. The van der Waals surface area contributed by atoms with E-state index in [1.54, 1.807) is 12.3 Å². The first-order chi connectivity index (χ1) is 13.7. The fourth-order valence-corrected chi connectivity index (χ4v) is 2.80. The predicted molar refractivity (Wildman–Crippen MR) is 112 cm³/mol. The Hall–Kier alpha value is -3.11. The molecule has 1 unspecified atom stereocenters. The van der Waals surface area contributed by atoms with Gasteiger partial charge in [0.1, 0.15) is 24.7 Å². The molecule has 0 spiro atoms. The van der Waals surface area contributed by atoms with Crippen LogP contribution in [0.2, 0.25) is 0 Å². The third-order valence-electron chi connectivity index (χ3n) is 4.34. The number of aromatic nitrogens is 1. The lowest BCUT2D eigenvalue weighted by molar-refractivity contribution is 0.100. The highest BCUT2D eigenvalue weighted by atomic mass is 16.5. The number of benzene rings is 2. The maximum absolute atomic E-state index is 10.1. The van der Waals surface area contributed by atoms with E-state index >= 15 is 0 Å². The smallest absolute Gasteiger partial charge is 0.119 e. The van der Waals surface area contributed by atoms with Gasteiger partial charge < -0.3 is 14.6 Å². The van der Waals surface area contributed by atoms with Gasteiger partial charge in [-0.3, -0.25) is 4.98 Å². The predicted octanol–water partition coefficient (Wildman–Crippen LogP) is 4.69. The van der Waals surface area contributed by atoms with Crippen LogP contribution < -0.4 is 9.47 Å². The van der Waals surface area contributed by atoms with Gasteiger partial charge in [0.05, 0.1) is 6.10 Å². The van der Waals surface area contributed by atoms with Gasteiger partial charge in [-0.2, -0.15) is 0 Å². The van der Waals surface area contributed by atoms with E-state index in [4.69, 9.17) is 9.47 Å². The molecule has 0 saturated heterocycles. The molecule has 4 nitrogen and oxygen atoms in total. The largest absolute Gasteiger partial charge is 0.491 e. The molecule has 1 heterocycles. The Balaban J connectivity index is 1.48. The summed E-state index contributed by atoms with van der Waals surface area (Å²) >= 11 is 0. The van der Waals surface area contributed by atoms with Crippen LogP contribution in [0, 0.1) is 0 Å². The fourth-order valence-electron chi connectivity index (χ4n) is 2.80. The van der Waals surface area contributed by atoms with E-state index in [2.05, 4.69) is 11.6 Å². The van der Waals surface area contributed by atoms with Gasteiger partial charge in [-0.15, -0.1) is 0 Å². The molecule has 28 heavy (non-hydrogen) atoms. The monoisotopic (exact) mass is 375 g/mol. The Bertz CT molecular complexity index is 845. The Labute approximate surface area is 166 Å². The second kappa shape index (κ2) is 10.3.